The average Bonchev–Trinajstić information content (AvgIpc) is 2.36. The van der Waals surface area contributed by atoms with E-state index in [0.29, 0.717) is 13.1 Å². The van der Waals surface area contributed by atoms with E-state index in [-0.39, 0.29) is 12.5 Å². The summed E-state index contributed by atoms with van der Waals surface area (Å²) in [5.41, 5.74) is 0. The standard InChI is InChI=1S/C12H23N3O3/c1-3-15(8-10(2)12(17)18)11(16)9-14-6-4-13-5-7-14/h10,13H,3-9H2,1-2H3,(H,17,18). The number of hydrogen-bond acceptors (Lipinski definition) is 4. The van der Waals surface area contributed by atoms with Crippen molar-refractivity contribution in [3.63, 3.8) is 0 Å². The van der Waals surface area contributed by atoms with Gasteiger partial charge in [0.2, 0.25) is 5.91 Å². The Morgan fingerprint density at radius 1 is 1.39 bits per heavy atom. The van der Waals surface area contributed by atoms with E-state index in [9.17, 15) is 9.59 Å². The van der Waals surface area contributed by atoms with Crippen LogP contribution in [0.4, 0.5) is 0 Å². The van der Waals surface area contributed by atoms with Gasteiger partial charge in [-0.05, 0) is 6.92 Å². The van der Waals surface area contributed by atoms with Gasteiger partial charge in [0.05, 0.1) is 12.5 Å². The van der Waals surface area contributed by atoms with Gasteiger partial charge in [0.1, 0.15) is 0 Å². The van der Waals surface area contributed by atoms with Crippen LogP contribution in [-0.4, -0.2) is 72.6 Å². The summed E-state index contributed by atoms with van der Waals surface area (Å²) >= 11 is 0. The molecule has 0 aromatic rings. The lowest BCUT2D eigenvalue weighted by Crippen LogP contribution is -2.49. The van der Waals surface area contributed by atoms with Crippen molar-refractivity contribution in [2.75, 3.05) is 45.8 Å². The third kappa shape index (κ3) is 4.62. The molecule has 0 radical (unpaired) electrons. The number of carboxylic acid groups (broad SMARTS) is 1. The lowest BCUT2D eigenvalue weighted by atomic mass is 10.1. The number of amides is 1. The van der Waals surface area contributed by atoms with Crippen molar-refractivity contribution < 1.29 is 14.7 Å². The van der Waals surface area contributed by atoms with Crippen LogP contribution in [0.2, 0.25) is 0 Å². The number of piperazine rings is 1. The first-order valence-electron chi connectivity index (χ1n) is 6.48. The number of nitrogens with zero attached hydrogens (tertiary/aromatic N) is 2. The summed E-state index contributed by atoms with van der Waals surface area (Å²) in [6.45, 7) is 8.31. The first-order valence-corrected chi connectivity index (χ1v) is 6.48. The van der Waals surface area contributed by atoms with Gasteiger partial charge in [-0.15, -0.1) is 0 Å². The number of carbonyl (C=O) groups is 2. The first kappa shape index (κ1) is 14.9. The van der Waals surface area contributed by atoms with Crippen molar-refractivity contribution in [3.05, 3.63) is 0 Å². The molecule has 1 heterocycles. The maximum atomic E-state index is 12.1. The summed E-state index contributed by atoms with van der Waals surface area (Å²) in [5, 5.41) is 12.1. The van der Waals surface area contributed by atoms with E-state index in [4.69, 9.17) is 5.11 Å². The molecule has 18 heavy (non-hydrogen) atoms. The molecule has 104 valence electrons. The molecule has 6 heteroatoms. The van der Waals surface area contributed by atoms with E-state index in [1.165, 1.54) is 0 Å². The largest absolute Gasteiger partial charge is 0.481 e. The van der Waals surface area contributed by atoms with Crippen molar-refractivity contribution in [3.8, 4) is 0 Å². The van der Waals surface area contributed by atoms with Gasteiger partial charge in [-0.1, -0.05) is 6.92 Å². The van der Waals surface area contributed by atoms with Gasteiger partial charge in [-0.2, -0.15) is 0 Å². The van der Waals surface area contributed by atoms with E-state index in [0.717, 1.165) is 26.2 Å². The van der Waals surface area contributed by atoms with Crippen LogP contribution in [0, 0.1) is 5.92 Å². The molecule has 6 nitrogen and oxygen atoms in total. The highest BCUT2D eigenvalue weighted by molar-refractivity contribution is 5.79. The van der Waals surface area contributed by atoms with Crippen molar-refractivity contribution >= 4 is 11.9 Å². The minimum absolute atomic E-state index is 0.0208. The molecule has 1 aliphatic rings. The predicted octanol–water partition coefficient (Wildman–Crippen LogP) is -0.539. The Kier molecular flexibility index (Phi) is 6.07. The van der Waals surface area contributed by atoms with Gasteiger partial charge >= 0.3 is 5.97 Å². The van der Waals surface area contributed by atoms with Crippen LogP contribution < -0.4 is 5.32 Å². The fourth-order valence-electron chi connectivity index (χ4n) is 1.98. The number of rotatable bonds is 6. The third-order valence-electron chi connectivity index (χ3n) is 3.22. The molecule has 1 aliphatic heterocycles. The quantitative estimate of drug-likeness (QED) is 0.668. The SMILES string of the molecule is CCN(CC(C)C(=O)O)C(=O)CN1CCNCC1. The van der Waals surface area contributed by atoms with E-state index in [1.807, 2.05) is 6.92 Å². The maximum absolute atomic E-state index is 12.1. The summed E-state index contributed by atoms with van der Waals surface area (Å²) in [6, 6.07) is 0. The summed E-state index contributed by atoms with van der Waals surface area (Å²) in [5.74, 6) is -1.35. The second-order valence-electron chi connectivity index (χ2n) is 4.70. The molecule has 2 N–H and O–H groups in total. The Labute approximate surface area is 108 Å². The van der Waals surface area contributed by atoms with Crippen LogP contribution in [0.15, 0.2) is 0 Å². The van der Waals surface area contributed by atoms with Gasteiger partial charge in [0.25, 0.3) is 0 Å². The predicted molar refractivity (Wildman–Crippen MR) is 68.4 cm³/mol. The van der Waals surface area contributed by atoms with Crippen LogP contribution in [0.5, 0.6) is 0 Å². The number of carbonyl (C=O) groups excluding carboxylic acids is 1. The van der Waals surface area contributed by atoms with Crippen LogP contribution in [0.3, 0.4) is 0 Å². The zero-order valence-electron chi connectivity index (χ0n) is 11.2. The first-order chi connectivity index (χ1) is 8.54. The second kappa shape index (κ2) is 7.33. The molecule has 0 saturated carbocycles. The monoisotopic (exact) mass is 257 g/mol. The molecule has 1 fully saturated rings. The number of carboxylic acids is 1. The highest BCUT2D eigenvalue weighted by atomic mass is 16.4. The number of aliphatic carboxylic acids is 1. The van der Waals surface area contributed by atoms with Gasteiger partial charge in [0, 0.05) is 39.3 Å². The van der Waals surface area contributed by atoms with Crippen molar-refractivity contribution in [2.45, 2.75) is 13.8 Å². The van der Waals surface area contributed by atoms with Gasteiger partial charge in [0.15, 0.2) is 0 Å². The molecule has 1 atom stereocenters. The maximum Gasteiger partial charge on any atom is 0.308 e. The molecule has 0 aliphatic carbocycles. The Balaban J connectivity index is 2.43. The minimum Gasteiger partial charge on any atom is -0.481 e. The third-order valence-corrected chi connectivity index (χ3v) is 3.22. The summed E-state index contributed by atoms with van der Waals surface area (Å²) in [6.07, 6.45) is 0. The van der Waals surface area contributed by atoms with Gasteiger partial charge in [-0.25, -0.2) is 0 Å². The second-order valence-corrected chi connectivity index (χ2v) is 4.70. The number of likely N-dealkylation sites (N-methyl/N-ethyl adjacent to an activating group) is 1. The van der Waals surface area contributed by atoms with Crippen LogP contribution in [-0.2, 0) is 9.59 Å². The highest BCUT2D eigenvalue weighted by Gasteiger charge is 2.21. The summed E-state index contributed by atoms with van der Waals surface area (Å²) in [4.78, 5) is 26.6. The molecule has 0 aromatic carbocycles. The Morgan fingerprint density at radius 2 is 2.00 bits per heavy atom. The Hall–Kier alpha value is -1.14. The van der Waals surface area contributed by atoms with Crippen molar-refractivity contribution in [1.82, 2.24) is 15.1 Å². The molecule has 0 aromatic heterocycles. The lowest BCUT2D eigenvalue weighted by Gasteiger charge is -2.30. The highest BCUT2D eigenvalue weighted by Crippen LogP contribution is 2.02. The molecular formula is C12H23N3O3. The van der Waals surface area contributed by atoms with Gasteiger partial charge in [-0.3, -0.25) is 14.5 Å². The Morgan fingerprint density at radius 3 is 2.50 bits per heavy atom. The average molecular weight is 257 g/mol. The van der Waals surface area contributed by atoms with E-state index in [2.05, 4.69) is 10.2 Å². The summed E-state index contributed by atoms with van der Waals surface area (Å²) < 4.78 is 0. The van der Waals surface area contributed by atoms with Gasteiger partial charge < -0.3 is 15.3 Å². The van der Waals surface area contributed by atoms with E-state index >= 15 is 0 Å². The molecule has 1 rings (SSSR count). The minimum atomic E-state index is -0.858. The summed E-state index contributed by atoms with van der Waals surface area (Å²) in [7, 11) is 0. The number of nitrogens with one attached hydrogen (secondary N) is 1. The number of hydrogen-bond donors (Lipinski definition) is 2. The zero-order chi connectivity index (χ0) is 13.5. The van der Waals surface area contributed by atoms with Crippen LogP contribution >= 0.6 is 0 Å². The molecule has 0 bridgehead atoms. The van der Waals surface area contributed by atoms with Crippen molar-refractivity contribution in [1.29, 1.82) is 0 Å². The molecule has 1 amide bonds. The lowest BCUT2D eigenvalue weighted by molar-refractivity contribution is -0.143. The normalized spacial score (nSPS) is 18.3. The molecule has 1 saturated heterocycles. The topological polar surface area (TPSA) is 72.9 Å². The van der Waals surface area contributed by atoms with E-state index < -0.39 is 11.9 Å². The fourth-order valence-corrected chi connectivity index (χ4v) is 1.98. The van der Waals surface area contributed by atoms with Crippen LogP contribution in [0.1, 0.15) is 13.8 Å². The molecular weight excluding hydrogens is 234 g/mol. The Bertz CT molecular complexity index is 290. The van der Waals surface area contributed by atoms with Crippen molar-refractivity contribution in [2.24, 2.45) is 5.92 Å². The smallest absolute Gasteiger partial charge is 0.308 e. The van der Waals surface area contributed by atoms with E-state index in [1.54, 1.807) is 11.8 Å². The molecule has 0 spiro atoms. The van der Waals surface area contributed by atoms with Crippen LogP contribution in [0.25, 0.3) is 0 Å². The molecule has 1 unspecified atom stereocenters. The zero-order valence-corrected chi connectivity index (χ0v) is 11.2. The fraction of sp³-hybridized carbons (Fsp3) is 0.833.